The zero-order valence-electron chi connectivity index (χ0n) is 9.94. The molecule has 0 aromatic carbocycles. The molecule has 0 atom stereocenters. The molecule has 0 saturated heterocycles. The van der Waals surface area contributed by atoms with Gasteiger partial charge in [0, 0.05) is 30.9 Å². The Labute approximate surface area is 112 Å². The predicted octanol–water partition coefficient (Wildman–Crippen LogP) is 0.858. The van der Waals surface area contributed by atoms with Gasteiger partial charge in [-0.25, -0.2) is 14.8 Å². The minimum Gasteiger partial charge on any atom is -0.476 e. The topological polar surface area (TPSA) is 97.1 Å². The number of rotatable bonds is 6. The van der Waals surface area contributed by atoms with Gasteiger partial charge >= 0.3 is 5.97 Å². The number of aromatic nitrogens is 3. The number of hydrogen-bond donors (Lipinski definition) is 2. The Bertz CT molecular complexity index is 564. The van der Waals surface area contributed by atoms with Gasteiger partial charge < -0.3 is 15.0 Å². The van der Waals surface area contributed by atoms with Crippen molar-refractivity contribution in [2.45, 2.75) is 13.0 Å². The van der Waals surface area contributed by atoms with Gasteiger partial charge in [-0.2, -0.15) is 0 Å². The lowest BCUT2D eigenvalue weighted by atomic mass is 10.4. The van der Waals surface area contributed by atoms with Gasteiger partial charge in [0.1, 0.15) is 0 Å². The second-order valence-electron chi connectivity index (χ2n) is 3.75. The molecule has 2 N–H and O–H groups in total. The molecule has 0 fully saturated rings. The largest absolute Gasteiger partial charge is 0.476 e. The van der Waals surface area contributed by atoms with E-state index < -0.39 is 5.97 Å². The summed E-state index contributed by atoms with van der Waals surface area (Å²) in [5.74, 6) is -1.47. The average molecular weight is 280 g/mol. The van der Waals surface area contributed by atoms with Crippen molar-refractivity contribution in [3.63, 3.8) is 0 Å². The zero-order valence-corrected chi connectivity index (χ0v) is 10.8. The molecule has 19 heavy (non-hydrogen) atoms. The van der Waals surface area contributed by atoms with Crippen molar-refractivity contribution in [1.82, 2.24) is 19.9 Å². The normalized spacial score (nSPS) is 10.3. The highest BCUT2D eigenvalue weighted by atomic mass is 32.1. The van der Waals surface area contributed by atoms with Gasteiger partial charge in [0.05, 0.1) is 6.33 Å². The van der Waals surface area contributed by atoms with Crippen molar-refractivity contribution < 1.29 is 14.7 Å². The van der Waals surface area contributed by atoms with Crippen LogP contribution in [0.2, 0.25) is 0 Å². The number of aryl methyl sites for hydroxylation is 1. The molecule has 0 bridgehead atoms. The van der Waals surface area contributed by atoms with Crippen LogP contribution in [0.15, 0.2) is 24.1 Å². The predicted molar refractivity (Wildman–Crippen MR) is 68.3 cm³/mol. The van der Waals surface area contributed by atoms with Crippen LogP contribution in [-0.4, -0.2) is 38.1 Å². The number of carbonyl (C=O) groups excluding carboxylic acids is 1. The van der Waals surface area contributed by atoms with Crippen molar-refractivity contribution in [1.29, 1.82) is 0 Å². The summed E-state index contributed by atoms with van der Waals surface area (Å²) in [6, 6.07) is 0. The standard InChI is InChI=1S/C11H12N4O3S/c16-9(10-14-8(6-19-10)11(17)18)13-2-1-4-15-5-3-12-7-15/h3,5-7H,1-2,4H2,(H,13,16)(H,17,18). The molecule has 0 unspecified atom stereocenters. The van der Waals surface area contributed by atoms with Gasteiger partial charge in [0.15, 0.2) is 10.7 Å². The van der Waals surface area contributed by atoms with Gasteiger partial charge in [-0.3, -0.25) is 4.79 Å². The average Bonchev–Trinajstić information content (AvgIpc) is 3.05. The van der Waals surface area contributed by atoms with Crippen LogP contribution in [-0.2, 0) is 6.54 Å². The molecule has 100 valence electrons. The number of amides is 1. The molecule has 8 heteroatoms. The summed E-state index contributed by atoms with van der Waals surface area (Å²) < 4.78 is 1.91. The number of aromatic carboxylic acids is 1. The first-order valence-corrected chi connectivity index (χ1v) is 6.47. The van der Waals surface area contributed by atoms with Gasteiger partial charge in [0.2, 0.25) is 0 Å². The van der Waals surface area contributed by atoms with Gasteiger partial charge in [-0.05, 0) is 6.42 Å². The fraction of sp³-hybridized carbons (Fsp3) is 0.273. The molecule has 0 aliphatic carbocycles. The van der Waals surface area contributed by atoms with Crippen LogP contribution in [0.1, 0.15) is 26.7 Å². The number of imidazole rings is 1. The highest BCUT2D eigenvalue weighted by molar-refractivity contribution is 7.11. The number of nitrogens with zero attached hydrogens (tertiary/aromatic N) is 3. The van der Waals surface area contributed by atoms with Crippen molar-refractivity contribution >= 4 is 23.2 Å². The Hall–Kier alpha value is -2.22. The molecule has 7 nitrogen and oxygen atoms in total. The Morgan fingerprint density at radius 3 is 2.95 bits per heavy atom. The van der Waals surface area contributed by atoms with E-state index in [1.165, 1.54) is 5.38 Å². The van der Waals surface area contributed by atoms with Crippen LogP contribution in [0.4, 0.5) is 0 Å². The number of carbonyl (C=O) groups is 2. The summed E-state index contributed by atoms with van der Waals surface area (Å²) in [7, 11) is 0. The van der Waals surface area contributed by atoms with Gasteiger partial charge in [-0.1, -0.05) is 0 Å². The van der Waals surface area contributed by atoms with E-state index in [0.29, 0.717) is 6.54 Å². The van der Waals surface area contributed by atoms with Crippen molar-refractivity contribution in [2.75, 3.05) is 6.54 Å². The summed E-state index contributed by atoms with van der Waals surface area (Å²) in [5, 5.41) is 12.9. The number of carboxylic acid groups (broad SMARTS) is 1. The number of nitrogens with one attached hydrogen (secondary N) is 1. The molecule has 2 heterocycles. The Morgan fingerprint density at radius 1 is 1.47 bits per heavy atom. The van der Waals surface area contributed by atoms with E-state index >= 15 is 0 Å². The third kappa shape index (κ3) is 3.62. The van der Waals surface area contributed by atoms with Crippen molar-refractivity contribution in [3.05, 3.63) is 34.8 Å². The van der Waals surface area contributed by atoms with Crippen LogP contribution in [0.3, 0.4) is 0 Å². The molecule has 2 aromatic heterocycles. The summed E-state index contributed by atoms with van der Waals surface area (Å²) in [6.45, 7) is 1.26. The molecule has 2 rings (SSSR count). The first-order valence-electron chi connectivity index (χ1n) is 5.59. The van der Waals surface area contributed by atoms with E-state index in [2.05, 4.69) is 15.3 Å². The number of thiazole rings is 1. The lowest BCUT2D eigenvalue weighted by Gasteiger charge is -2.03. The highest BCUT2D eigenvalue weighted by Crippen LogP contribution is 2.09. The van der Waals surface area contributed by atoms with Crippen LogP contribution < -0.4 is 5.32 Å². The second kappa shape index (κ2) is 6.10. The van der Waals surface area contributed by atoms with Crippen molar-refractivity contribution in [3.8, 4) is 0 Å². The van der Waals surface area contributed by atoms with Crippen LogP contribution in [0.25, 0.3) is 0 Å². The first-order chi connectivity index (χ1) is 9.16. The van der Waals surface area contributed by atoms with E-state index in [9.17, 15) is 9.59 Å². The molecular weight excluding hydrogens is 268 g/mol. The van der Waals surface area contributed by atoms with Crippen molar-refractivity contribution in [2.24, 2.45) is 0 Å². The maximum atomic E-state index is 11.7. The van der Waals surface area contributed by atoms with E-state index in [1.807, 2.05) is 10.8 Å². The van der Waals surface area contributed by atoms with E-state index in [-0.39, 0.29) is 16.6 Å². The number of hydrogen-bond acceptors (Lipinski definition) is 5. The minimum atomic E-state index is -1.13. The summed E-state index contributed by atoms with van der Waals surface area (Å²) in [4.78, 5) is 29.9. The molecule has 2 aromatic rings. The third-order valence-electron chi connectivity index (χ3n) is 2.36. The molecule has 0 saturated carbocycles. The van der Waals surface area contributed by atoms with E-state index in [4.69, 9.17) is 5.11 Å². The molecule has 0 aliphatic rings. The van der Waals surface area contributed by atoms with Gasteiger partial charge in [0.25, 0.3) is 5.91 Å². The maximum absolute atomic E-state index is 11.7. The molecule has 0 aliphatic heterocycles. The SMILES string of the molecule is O=C(O)c1csc(C(=O)NCCCn2ccnc2)n1. The monoisotopic (exact) mass is 280 g/mol. The Kier molecular flexibility index (Phi) is 4.24. The molecule has 1 amide bonds. The quantitative estimate of drug-likeness (QED) is 0.765. The van der Waals surface area contributed by atoms with Crippen LogP contribution in [0, 0.1) is 0 Å². The van der Waals surface area contributed by atoms with E-state index in [1.54, 1.807) is 12.5 Å². The Morgan fingerprint density at radius 2 is 2.32 bits per heavy atom. The molecular formula is C11H12N4O3S. The smallest absolute Gasteiger partial charge is 0.355 e. The lowest BCUT2D eigenvalue weighted by Crippen LogP contribution is -2.25. The zero-order chi connectivity index (χ0) is 13.7. The fourth-order valence-electron chi connectivity index (χ4n) is 1.43. The summed E-state index contributed by atoms with van der Waals surface area (Å²) in [6.07, 6.45) is 6.02. The second-order valence-corrected chi connectivity index (χ2v) is 4.61. The fourth-order valence-corrected chi connectivity index (χ4v) is 2.14. The lowest BCUT2D eigenvalue weighted by molar-refractivity contribution is 0.0691. The summed E-state index contributed by atoms with van der Waals surface area (Å²) >= 11 is 1.02. The first kappa shape index (κ1) is 13.2. The molecule has 0 radical (unpaired) electrons. The van der Waals surface area contributed by atoms with Gasteiger partial charge in [-0.15, -0.1) is 11.3 Å². The van der Waals surface area contributed by atoms with Crippen LogP contribution in [0.5, 0.6) is 0 Å². The molecule has 0 spiro atoms. The third-order valence-corrected chi connectivity index (χ3v) is 3.20. The maximum Gasteiger partial charge on any atom is 0.355 e. The Balaban J connectivity index is 1.76. The highest BCUT2D eigenvalue weighted by Gasteiger charge is 2.13. The summed E-state index contributed by atoms with van der Waals surface area (Å²) in [5.41, 5.74) is -0.103. The minimum absolute atomic E-state index is 0.103. The number of carboxylic acids is 1. The van der Waals surface area contributed by atoms with Crippen LogP contribution >= 0.6 is 11.3 Å². The van der Waals surface area contributed by atoms with E-state index in [0.717, 1.165) is 24.3 Å².